The van der Waals surface area contributed by atoms with E-state index in [4.69, 9.17) is 9.52 Å². The lowest BCUT2D eigenvalue weighted by Gasteiger charge is -2.15. The van der Waals surface area contributed by atoms with Gasteiger partial charge in [0.1, 0.15) is 5.76 Å². The number of nitrogens with zero attached hydrogens (tertiary/aromatic N) is 2. The first kappa shape index (κ1) is 13.8. The number of furan rings is 1. The molecule has 0 aliphatic rings. The number of carboxylic acid groups (broad SMARTS) is 1. The fourth-order valence-electron chi connectivity index (χ4n) is 1.85. The lowest BCUT2D eigenvalue weighted by Crippen LogP contribution is -2.17. The van der Waals surface area contributed by atoms with Crippen molar-refractivity contribution in [1.29, 1.82) is 0 Å². The molecule has 0 spiro atoms. The summed E-state index contributed by atoms with van der Waals surface area (Å²) in [5.41, 5.74) is 3.79. The van der Waals surface area contributed by atoms with Crippen LogP contribution in [-0.2, 0) is 13.1 Å². The van der Waals surface area contributed by atoms with Crippen molar-refractivity contribution in [3.05, 3.63) is 39.2 Å². The second-order valence-electron chi connectivity index (χ2n) is 4.53. The highest BCUT2D eigenvalue weighted by Crippen LogP contribution is 2.19. The molecule has 0 fully saturated rings. The van der Waals surface area contributed by atoms with Crippen LogP contribution in [0.3, 0.4) is 0 Å². The van der Waals surface area contributed by atoms with Crippen LogP contribution in [0.4, 0.5) is 0 Å². The molecule has 0 saturated carbocycles. The number of rotatable bonds is 5. The summed E-state index contributed by atoms with van der Waals surface area (Å²) in [6.45, 7) is 5.22. The number of aromatic nitrogens is 1. The summed E-state index contributed by atoms with van der Waals surface area (Å²) >= 11 is 1.63. The van der Waals surface area contributed by atoms with Crippen molar-refractivity contribution < 1.29 is 14.3 Å². The Morgan fingerprint density at radius 1 is 1.47 bits per heavy atom. The van der Waals surface area contributed by atoms with Crippen molar-refractivity contribution in [2.45, 2.75) is 26.9 Å². The number of thiazole rings is 1. The van der Waals surface area contributed by atoms with Gasteiger partial charge in [0.2, 0.25) is 5.76 Å². The number of carbonyl (C=O) groups is 1. The predicted molar refractivity (Wildman–Crippen MR) is 72.4 cm³/mol. The van der Waals surface area contributed by atoms with Gasteiger partial charge in [-0.3, -0.25) is 4.90 Å². The van der Waals surface area contributed by atoms with Crippen LogP contribution in [0.5, 0.6) is 0 Å². The molecule has 2 aromatic heterocycles. The van der Waals surface area contributed by atoms with Crippen LogP contribution < -0.4 is 0 Å². The second kappa shape index (κ2) is 5.54. The Morgan fingerprint density at radius 2 is 2.21 bits per heavy atom. The van der Waals surface area contributed by atoms with Crippen molar-refractivity contribution >= 4 is 17.3 Å². The molecule has 0 amide bonds. The Morgan fingerprint density at radius 3 is 2.74 bits per heavy atom. The monoisotopic (exact) mass is 280 g/mol. The maximum absolute atomic E-state index is 10.8. The molecule has 0 unspecified atom stereocenters. The molecule has 0 bridgehead atoms. The van der Waals surface area contributed by atoms with Crippen molar-refractivity contribution in [2.24, 2.45) is 0 Å². The molecule has 5 nitrogen and oxygen atoms in total. The van der Waals surface area contributed by atoms with Gasteiger partial charge in [0.25, 0.3) is 0 Å². The fraction of sp³-hybridized carbons (Fsp3) is 0.385. The van der Waals surface area contributed by atoms with Gasteiger partial charge in [0.05, 0.1) is 11.2 Å². The minimum Gasteiger partial charge on any atom is -0.475 e. The van der Waals surface area contributed by atoms with Crippen LogP contribution in [0.1, 0.15) is 32.4 Å². The number of aryl methyl sites for hydroxylation is 2. The van der Waals surface area contributed by atoms with Crippen LogP contribution in [0.2, 0.25) is 0 Å². The number of carboxylic acids is 1. The average Bonchev–Trinajstić information content (AvgIpc) is 2.87. The summed E-state index contributed by atoms with van der Waals surface area (Å²) in [5.74, 6) is -0.379. The van der Waals surface area contributed by atoms with E-state index in [1.54, 1.807) is 24.3 Å². The standard InChI is InChI=1S/C13H16N2O3S/c1-8-12(19-7-14-8)6-15(3)5-10-4-11(13(16)17)18-9(10)2/h4,7H,5-6H2,1-3H3,(H,16,17). The molecule has 0 aromatic carbocycles. The zero-order valence-electron chi connectivity index (χ0n) is 11.1. The molecule has 2 heterocycles. The zero-order chi connectivity index (χ0) is 14.0. The highest BCUT2D eigenvalue weighted by molar-refractivity contribution is 7.09. The highest BCUT2D eigenvalue weighted by atomic mass is 32.1. The van der Waals surface area contributed by atoms with Gasteiger partial charge in [-0.05, 0) is 27.0 Å². The summed E-state index contributed by atoms with van der Waals surface area (Å²) in [6, 6.07) is 1.59. The van der Waals surface area contributed by atoms with E-state index in [2.05, 4.69) is 9.88 Å². The molecule has 0 atom stereocenters. The third kappa shape index (κ3) is 3.21. The largest absolute Gasteiger partial charge is 0.475 e. The topological polar surface area (TPSA) is 66.6 Å². The highest BCUT2D eigenvalue weighted by Gasteiger charge is 2.15. The van der Waals surface area contributed by atoms with Crippen LogP contribution >= 0.6 is 11.3 Å². The molecule has 2 rings (SSSR count). The lowest BCUT2D eigenvalue weighted by molar-refractivity contribution is 0.0661. The van der Waals surface area contributed by atoms with Crippen molar-refractivity contribution in [2.75, 3.05) is 7.05 Å². The van der Waals surface area contributed by atoms with Crippen LogP contribution in [0, 0.1) is 13.8 Å². The van der Waals surface area contributed by atoms with Crippen molar-refractivity contribution in [3.8, 4) is 0 Å². The summed E-state index contributed by atoms with van der Waals surface area (Å²) < 4.78 is 5.20. The normalized spacial score (nSPS) is 11.2. The molecule has 102 valence electrons. The molecule has 0 saturated heterocycles. The molecule has 1 N–H and O–H groups in total. The van der Waals surface area contributed by atoms with E-state index in [0.29, 0.717) is 12.3 Å². The third-order valence-electron chi connectivity index (χ3n) is 2.93. The molecule has 6 heteroatoms. The van der Waals surface area contributed by atoms with E-state index in [-0.39, 0.29) is 5.76 Å². The van der Waals surface area contributed by atoms with Gasteiger partial charge >= 0.3 is 5.97 Å². The average molecular weight is 280 g/mol. The van der Waals surface area contributed by atoms with Gasteiger partial charge in [0.15, 0.2) is 0 Å². The Kier molecular flexibility index (Phi) is 4.01. The molecule has 0 aliphatic heterocycles. The molecule has 19 heavy (non-hydrogen) atoms. The SMILES string of the molecule is Cc1ncsc1CN(C)Cc1cc(C(=O)O)oc1C. The van der Waals surface area contributed by atoms with E-state index < -0.39 is 5.97 Å². The van der Waals surface area contributed by atoms with Crippen LogP contribution in [0.25, 0.3) is 0 Å². The fourth-order valence-corrected chi connectivity index (χ4v) is 2.71. The van der Waals surface area contributed by atoms with Crippen LogP contribution in [-0.4, -0.2) is 28.0 Å². The molecule has 0 aliphatic carbocycles. The summed E-state index contributed by atoms with van der Waals surface area (Å²) in [7, 11) is 1.99. The Labute approximate surface area is 115 Å². The maximum atomic E-state index is 10.8. The number of hydrogen-bond donors (Lipinski definition) is 1. The van der Waals surface area contributed by atoms with E-state index >= 15 is 0 Å². The first-order chi connectivity index (χ1) is 8.97. The maximum Gasteiger partial charge on any atom is 0.371 e. The van der Waals surface area contributed by atoms with Crippen LogP contribution in [0.15, 0.2) is 16.0 Å². The Bertz CT molecular complexity index is 588. The van der Waals surface area contributed by atoms with E-state index in [9.17, 15) is 4.79 Å². The lowest BCUT2D eigenvalue weighted by atomic mass is 10.2. The van der Waals surface area contributed by atoms with Gasteiger partial charge in [-0.1, -0.05) is 0 Å². The summed E-state index contributed by atoms with van der Waals surface area (Å²) in [4.78, 5) is 18.4. The van der Waals surface area contributed by atoms with Gasteiger partial charge in [-0.15, -0.1) is 11.3 Å². The smallest absolute Gasteiger partial charge is 0.371 e. The van der Waals surface area contributed by atoms with E-state index in [0.717, 1.165) is 17.8 Å². The minimum atomic E-state index is -1.03. The Hall–Kier alpha value is -1.66. The van der Waals surface area contributed by atoms with E-state index in [1.807, 2.05) is 19.5 Å². The van der Waals surface area contributed by atoms with Crippen molar-refractivity contribution in [1.82, 2.24) is 9.88 Å². The zero-order valence-corrected chi connectivity index (χ0v) is 12.0. The van der Waals surface area contributed by atoms with Gasteiger partial charge in [-0.25, -0.2) is 9.78 Å². The van der Waals surface area contributed by atoms with Crippen molar-refractivity contribution in [3.63, 3.8) is 0 Å². The second-order valence-corrected chi connectivity index (χ2v) is 5.47. The summed E-state index contributed by atoms with van der Waals surface area (Å²) in [6.07, 6.45) is 0. The molecule has 2 aromatic rings. The van der Waals surface area contributed by atoms with Gasteiger partial charge in [0, 0.05) is 23.5 Å². The summed E-state index contributed by atoms with van der Waals surface area (Å²) in [5, 5.41) is 8.89. The number of aromatic carboxylic acids is 1. The molecular formula is C13H16N2O3S. The van der Waals surface area contributed by atoms with Gasteiger partial charge < -0.3 is 9.52 Å². The van der Waals surface area contributed by atoms with Gasteiger partial charge in [-0.2, -0.15) is 0 Å². The predicted octanol–water partition coefficient (Wildman–Crippen LogP) is 2.68. The molecular weight excluding hydrogens is 264 g/mol. The van der Waals surface area contributed by atoms with E-state index in [1.165, 1.54) is 4.88 Å². The number of hydrogen-bond acceptors (Lipinski definition) is 5. The Balaban J connectivity index is 2.04. The minimum absolute atomic E-state index is 0.00475. The third-order valence-corrected chi connectivity index (χ3v) is 3.85. The first-order valence-electron chi connectivity index (χ1n) is 5.87. The quantitative estimate of drug-likeness (QED) is 0.912. The molecule has 0 radical (unpaired) electrons. The first-order valence-corrected chi connectivity index (χ1v) is 6.75.